The first-order chi connectivity index (χ1) is 6.77. The molecule has 1 atom stereocenters. The molecule has 1 aliphatic carbocycles. The van der Waals surface area contributed by atoms with Crippen molar-refractivity contribution in [2.24, 2.45) is 10.9 Å². The summed E-state index contributed by atoms with van der Waals surface area (Å²) in [6.45, 7) is 1.47. The average molecular weight is 197 g/mol. The molecule has 0 amide bonds. The number of isocyanates is 1. The second kappa shape index (κ2) is 3.81. The lowest BCUT2D eigenvalue weighted by Gasteiger charge is -2.47. The minimum absolute atomic E-state index is 0.293. The van der Waals surface area contributed by atoms with Crippen LogP contribution < -0.4 is 0 Å². The minimum atomic E-state index is -0.360. The monoisotopic (exact) mass is 197 g/mol. The Bertz CT molecular complexity index is 248. The van der Waals surface area contributed by atoms with Crippen LogP contribution >= 0.6 is 0 Å². The van der Waals surface area contributed by atoms with E-state index in [-0.39, 0.29) is 11.6 Å². The van der Waals surface area contributed by atoms with Gasteiger partial charge in [-0.3, -0.25) is 0 Å². The Kier molecular flexibility index (Phi) is 2.68. The van der Waals surface area contributed by atoms with Crippen molar-refractivity contribution in [2.45, 2.75) is 37.3 Å². The lowest BCUT2D eigenvalue weighted by atomic mass is 9.65. The van der Waals surface area contributed by atoms with Gasteiger partial charge in [-0.15, -0.1) is 0 Å². The summed E-state index contributed by atoms with van der Waals surface area (Å²) >= 11 is 0. The standard InChI is InChI=1S/C10H15NO3/c12-7-11-10(4-9(13)5-10)8-2-1-3-14-6-8/h8-9,13H,1-6H2. The van der Waals surface area contributed by atoms with Crippen LogP contribution in [0.2, 0.25) is 0 Å². The van der Waals surface area contributed by atoms with Gasteiger partial charge >= 0.3 is 0 Å². The van der Waals surface area contributed by atoms with E-state index in [9.17, 15) is 9.90 Å². The number of carbonyl (C=O) groups excluding carboxylic acids is 1. The third-order valence-electron chi connectivity index (χ3n) is 3.37. The molecule has 0 aromatic carbocycles. The van der Waals surface area contributed by atoms with Crippen LogP contribution in [0.1, 0.15) is 25.7 Å². The summed E-state index contributed by atoms with van der Waals surface area (Å²) in [5.41, 5.74) is -0.360. The maximum absolute atomic E-state index is 10.3. The van der Waals surface area contributed by atoms with Gasteiger partial charge in [0.05, 0.1) is 18.2 Å². The van der Waals surface area contributed by atoms with Crippen molar-refractivity contribution in [3.05, 3.63) is 0 Å². The Morgan fingerprint density at radius 2 is 2.29 bits per heavy atom. The van der Waals surface area contributed by atoms with E-state index < -0.39 is 0 Å². The number of nitrogens with zero attached hydrogens (tertiary/aromatic N) is 1. The molecule has 2 aliphatic rings. The molecule has 2 rings (SSSR count). The Balaban J connectivity index is 2.06. The molecule has 0 spiro atoms. The Hall–Kier alpha value is -0.700. The number of aliphatic hydroxyl groups is 1. The summed E-state index contributed by atoms with van der Waals surface area (Å²) in [5.74, 6) is 0.293. The second-order valence-corrected chi connectivity index (χ2v) is 4.28. The second-order valence-electron chi connectivity index (χ2n) is 4.28. The van der Waals surface area contributed by atoms with Gasteiger partial charge in [-0.05, 0) is 25.7 Å². The number of hydrogen-bond acceptors (Lipinski definition) is 4. The highest BCUT2D eigenvalue weighted by molar-refractivity contribution is 5.36. The van der Waals surface area contributed by atoms with Crippen LogP contribution in [0.5, 0.6) is 0 Å². The van der Waals surface area contributed by atoms with E-state index in [2.05, 4.69) is 4.99 Å². The predicted molar refractivity (Wildman–Crippen MR) is 49.6 cm³/mol. The van der Waals surface area contributed by atoms with Gasteiger partial charge in [0.2, 0.25) is 6.08 Å². The van der Waals surface area contributed by atoms with Gasteiger partial charge in [-0.2, -0.15) is 4.99 Å². The first-order valence-corrected chi connectivity index (χ1v) is 5.12. The maximum atomic E-state index is 10.3. The van der Waals surface area contributed by atoms with Crippen LogP contribution in [0.15, 0.2) is 4.99 Å². The molecule has 4 heteroatoms. The van der Waals surface area contributed by atoms with E-state index >= 15 is 0 Å². The molecule has 14 heavy (non-hydrogen) atoms. The number of ether oxygens (including phenoxy) is 1. The van der Waals surface area contributed by atoms with Crippen LogP contribution in [-0.4, -0.2) is 36.0 Å². The van der Waals surface area contributed by atoms with Crippen molar-refractivity contribution in [3.63, 3.8) is 0 Å². The Morgan fingerprint density at radius 1 is 1.50 bits per heavy atom. The fraction of sp³-hybridized carbons (Fsp3) is 0.900. The van der Waals surface area contributed by atoms with Crippen LogP contribution in [-0.2, 0) is 9.53 Å². The third-order valence-corrected chi connectivity index (χ3v) is 3.37. The number of aliphatic hydroxyl groups excluding tert-OH is 1. The molecule has 1 saturated heterocycles. The SMILES string of the molecule is O=C=NC1(C2CCCOC2)CC(O)C1. The van der Waals surface area contributed by atoms with Gasteiger partial charge in [0.15, 0.2) is 0 Å². The highest BCUT2D eigenvalue weighted by atomic mass is 16.5. The van der Waals surface area contributed by atoms with E-state index in [1.54, 1.807) is 6.08 Å². The summed E-state index contributed by atoms with van der Waals surface area (Å²) in [7, 11) is 0. The summed E-state index contributed by atoms with van der Waals surface area (Å²) < 4.78 is 5.37. The van der Waals surface area contributed by atoms with E-state index in [1.807, 2.05) is 0 Å². The molecule has 1 aliphatic heterocycles. The smallest absolute Gasteiger partial charge is 0.235 e. The van der Waals surface area contributed by atoms with Crippen molar-refractivity contribution in [1.29, 1.82) is 0 Å². The molecule has 1 N–H and O–H groups in total. The van der Waals surface area contributed by atoms with E-state index in [0.29, 0.717) is 25.4 Å². The van der Waals surface area contributed by atoms with Gasteiger partial charge in [0, 0.05) is 12.5 Å². The first kappa shape index (κ1) is 9.84. The zero-order chi connectivity index (χ0) is 10.0. The molecule has 78 valence electrons. The molecule has 0 radical (unpaired) electrons. The molecule has 1 heterocycles. The van der Waals surface area contributed by atoms with Crippen molar-refractivity contribution in [1.82, 2.24) is 0 Å². The fourth-order valence-electron chi connectivity index (χ4n) is 2.53. The first-order valence-electron chi connectivity index (χ1n) is 5.12. The Labute approximate surface area is 83.0 Å². The van der Waals surface area contributed by atoms with Gasteiger partial charge < -0.3 is 9.84 Å². The van der Waals surface area contributed by atoms with Crippen LogP contribution in [0.4, 0.5) is 0 Å². The molecular weight excluding hydrogens is 182 g/mol. The summed E-state index contributed by atoms with van der Waals surface area (Å²) in [6.07, 6.45) is 4.59. The average Bonchev–Trinajstić information content (AvgIpc) is 2.17. The predicted octanol–water partition coefficient (Wildman–Crippen LogP) is 0.642. The topological polar surface area (TPSA) is 58.9 Å². The van der Waals surface area contributed by atoms with E-state index in [4.69, 9.17) is 4.74 Å². The lowest BCUT2D eigenvalue weighted by Crippen LogP contribution is -2.53. The van der Waals surface area contributed by atoms with Crippen molar-refractivity contribution >= 4 is 6.08 Å². The van der Waals surface area contributed by atoms with Gasteiger partial charge in [0.1, 0.15) is 0 Å². The molecule has 1 unspecified atom stereocenters. The number of hydrogen-bond donors (Lipinski definition) is 1. The molecule has 0 bridgehead atoms. The van der Waals surface area contributed by atoms with Crippen LogP contribution in [0.3, 0.4) is 0 Å². The summed E-state index contributed by atoms with van der Waals surface area (Å²) in [4.78, 5) is 14.2. The van der Waals surface area contributed by atoms with Crippen LogP contribution in [0.25, 0.3) is 0 Å². The van der Waals surface area contributed by atoms with Crippen LogP contribution in [0, 0.1) is 5.92 Å². The molecule has 0 aromatic heterocycles. The highest BCUT2D eigenvalue weighted by Crippen LogP contribution is 2.44. The third kappa shape index (κ3) is 1.61. The van der Waals surface area contributed by atoms with Gasteiger partial charge in [0.25, 0.3) is 0 Å². The quantitative estimate of drug-likeness (QED) is 0.522. The van der Waals surface area contributed by atoms with Crippen molar-refractivity contribution in [2.75, 3.05) is 13.2 Å². The summed E-state index contributed by atoms with van der Waals surface area (Å²) in [5, 5.41) is 9.31. The van der Waals surface area contributed by atoms with Crippen molar-refractivity contribution in [3.8, 4) is 0 Å². The van der Waals surface area contributed by atoms with E-state index in [1.165, 1.54) is 0 Å². The van der Waals surface area contributed by atoms with Gasteiger partial charge in [-0.25, -0.2) is 4.79 Å². The minimum Gasteiger partial charge on any atom is -0.393 e. The molecule has 0 aromatic rings. The molecule has 2 fully saturated rings. The highest BCUT2D eigenvalue weighted by Gasteiger charge is 2.49. The molecule has 1 saturated carbocycles. The largest absolute Gasteiger partial charge is 0.393 e. The van der Waals surface area contributed by atoms with Crippen molar-refractivity contribution < 1.29 is 14.6 Å². The Morgan fingerprint density at radius 3 is 2.79 bits per heavy atom. The number of aliphatic imine (C=N–C) groups is 1. The normalized spacial score (nSPS) is 42.4. The molecular formula is C10H15NO3. The van der Waals surface area contributed by atoms with Gasteiger partial charge in [-0.1, -0.05) is 0 Å². The maximum Gasteiger partial charge on any atom is 0.235 e. The van der Waals surface area contributed by atoms with E-state index in [0.717, 1.165) is 19.4 Å². The zero-order valence-corrected chi connectivity index (χ0v) is 8.11. The number of rotatable bonds is 2. The molecule has 4 nitrogen and oxygen atoms in total. The zero-order valence-electron chi connectivity index (χ0n) is 8.11. The summed E-state index contributed by atoms with van der Waals surface area (Å²) in [6, 6.07) is 0. The fourth-order valence-corrected chi connectivity index (χ4v) is 2.53. The lowest BCUT2D eigenvalue weighted by molar-refractivity contribution is -0.0544.